The lowest BCUT2D eigenvalue weighted by atomic mass is 10.1. The summed E-state index contributed by atoms with van der Waals surface area (Å²) in [6.45, 7) is 0.487. The summed E-state index contributed by atoms with van der Waals surface area (Å²) in [6, 6.07) is -0.522. The zero-order chi connectivity index (χ0) is 10.3. The Bertz CT molecular complexity index is 213. The third-order valence-electron chi connectivity index (χ3n) is 1.45. The number of nitrogens with two attached hydrogens (primary N) is 3. The molecular weight excluding hydrogens is 188 g/mol. The van der Waals surface area contributed by atoms with Crippen molar-refractivity contribution in [3.8, 4) is 0 Å². The number of thiocarbonyl (C=S) groups is 1. The van der Waals surface area contributed by atoms with Gasteiger partial charge in [-0.2, -0.15) is 0 Å². The van der Waals surface area contributed by atoms with Crippen LogP contribution in [0.25, 0.3) is 0 Å². The van der Waals surface area contributed by atoms with E-state index in [-0.39, 0.29) is 11.7 Å². The van der Waals surface area contributed by atoms with Crippen molar-refractivity contribution >= 4 is 29.3 Å². The number of aliphatic imine (C=N–C) groups is 1. The van der Waals surface area contributed by atoms with Gasteiger partial charge in [-0.15, -0.1) is 0 Å². The predicted octanol–water partition coefficient (Wildman–Crippen LogP) is -1.06. The molecule has 6 heteroatoms. The summed E-state index contributed by atoms with van der Waals surface area (Å²) in [7, 11) is 0. The summed E-state index contributed by atoms with van der Waals surface area (Å²) in [4.78, 5) is 14.6. The molecule has 0 heterocycles. The molecule has 1 atom stereocenters. The summed E-state index contributed by atoms with van der Waals surface area (Å²) in [6.07, 6.45) is 1.22. The van der Waals surface area contributed by atoms with E-state index in [0.717, 1.165) is 5.37 Å². The minimum atomic E-state index is -0.522. The third-order valence-corrected chi connectivity index (χ3v) is 1.68. The molecule has 0 unspecified atom stereocenters. The van der Waals surface area contributed by atoms with E-state index in [9.17, 15) is 4.79 Å². The van der Waals surface area contributed by atoms with E-state index in [1.807, 2.05) is 0 Å². The van der Waals surface area contributed by atoms with Gasteiger partial charge in [-0.3, -0.25) is 9.79 Å². The lowest BCUT2D eigenvalue weighted by molar-refractivity contribution is -0.113. The van der Waals surface area contributed by atoms with Crippen LogP contribution in [0.2, 0.25) is 0 Å². The van der Waals surface area contributed by atoms with Crippen molar-refractivity contribution in [1.29, 1.82) is 0 Å². The number of ketones is 1. The molecule has 5 nitrogen and oxygen atoms in total. The second-order valence-corrected chi connectivity index (χ2v) is 2.81. The van der Waals surface area contributed by atoms with Gasteiger partial charge in [0, 0.05) is 11.9 Å². The first-order chi connectivity index (χ1) is 6.07. The lowest BCUT2D eigenvalue weighted by Gasteiger charge is -2.04. The van der Waals surface area contributed by atoms with Crippen molar-refractivity contribution in [3.05, 3.63) is 0 Å². The van der Waals surface area contributed by atoms with E-state index in [1.54, 1.807) is 0 Å². The van der Waals surface area contributed by atoms with Crippen molar-refractivity contribution in [2.45, 2.75) is 18.9 Å². The molecule has 0 aromatic heterocycles. The van der Waals surface area contributed by atoms with Crippen LogP contribution in [0.3, 0.4) is 0 Å². The highest BCUT2D eigenvalue weighted by atomic mass is 32.1. The Morgan fingerprint density at radius 1 is 1.54 bits per heavy atom. The Morgan fingerprint density at radius 2 is 2.15 bits per heavy atom. The summed E-state index contributed by atoms with van der Waals surface area (Å²) >= 11 is 4.45. The van der Waals surface area contributed by atoms with Gasteiger partial charge in [-0.1, -0.05) is 12.2 Å². The molecule has 0 aliphatic heterocycles. The van der Waals surface area contributed by atoms with Gasteiger partial charge in [0.25, 0.3) is 0 Å². The van der Waals surface area contributed by atoms with E-state index in [2.05, 4.69) is 17.2 Å². The fourth-order valence-corrected chi connectivity index (χ4v) is 0.924. The number of hydrogen-bond donors (Lipinski definition) is 3. The maximum absolute atomic E-state index is 10.9. The van der Waals surface area contributed by atoms with Crippen molar-refractivity contribution in [1.82, 2.24) is 0 Å². The molecule has 0 saturated heterocycles. The Kier molecular flexibility index (Phi) is 5.99. The van der Waals surface area contributed by atoms with Crippen molar-refractivity contribution in [2.24, 2.45) is 22.2 Å². The second kappa shape index (κ2) is 6.50. The van der Waals surface area contributed by atoms with Crippen molar-refractivity contribution < 1.29 is 4.79 Å². The van der Waals surface area contributed by atoms with E-state index < -0.39 is 6.04 Å². The van der Waals surface area contributed by atoms with Gasteiger partial charge in [0.1, 0.15) is 0 Å². The normalized spacial score (nSPS) is 11.8. The second-order valence-electron chi connectivity index (χ2n) is 2.58. The molecule has 0 amide bonds. The number of hydrogen-bond acceptors (Lipinski definition) is 4. The minimum absolute atomic E-state index is 0.0507. The fraction of sp³-hybridized carbons (Fsp3) is 0.571. The van der Waals surface area contributed by atoms with Crippen LogP contribution in [0.1, 0.15) is 12.8 Å². The van der Waals surface area contributed by atoms with E-state index in [4.69, 9.17) is 17.2 Å². The topological polar surface area (TPSA) is 107 Å². The van der Waals surface area contributed by atoms with Crippen LogP contribution >= 0.6 is 12.2 Å². The first kappa shape index (κ1) is 12.0. The molecule has 0 radical (unpaired) electrons. The Morgan fingerprint density at radius 3 is 2.62 bits per heavy atom. The van der Waals surface area contributed by atoms with Crippen LogP contribution in [0, 0.1) is 0 Å². The minimum Gasteiger partial charge on any atom is -0.370 e. The monoisotopic (exact) mass is 202 g/mol. The van der Waals surface area contributed by atoms with Crippen LogP contribution in [-0.2, 0) is 4.79 Å². The third kappa shape index (κ3) is 6.18. The molecule has 0 bridgehead atoms. The number of carbonyl (C=O) groups is 1. The summed E-state index contributed by atoms with van der Waals surface area (Å²) in [5.41, 5.74) is 15.7. The van der Waals surface area contributed by atoms with Gasteiger partial charge in [0.15, 0.2) is 11.7 Å². The molecule has 13 heavy (non-hydrogen) atoms. The quantitative estimate of drug-likeness (QED) is 0.220. The van der Waals surface area contributed by atoms with E-state index >= 15 is 0 Å². The molecule has 0 spiro atoms. The molecule has 74 valence electrons. The van der Waals surface area contributed by atoms with Gasteiger partial charge < -0.3 is 17.2 Å². The molecule has 0 saturated carbocycles. The maximum atomic E-state index is 10.9. The van der Waals surface area contributed by atoms with E-state index in [0.29, 0.717) is 19.4 Å². The number of Topliss-reactive ketones (excluding diaryl/α,β-unsaturated/α-hetero) is 1. The van der Waals surface area contributed by atoms with Gasteiger partial charge in [-0.25, -0.2) is 0 Å². The SMILES string of the molecule is NC(N)=NCCC[C@H](N)C(=O)C=S. The molecule has 6 N–H and O–H groups in total. The largest absolute Gasteiger partial charge is 0.370 e. The lowest BCUT2D eigenvalue weighted by Crippen LogP contribution is -2.31. The average Bonchev–Trinajstić information content (AvgIpc) is 2.10. The van der Waals surface area contributed by atoms with Crippen molar-refractivity contribution in [3.63, 3.8) is 0 Å². The van der Waals surface area contributed by atoms with Crippen LogP contribution in [-0.4, -0.2) is 29.7 Å². The molecular formula is C7H14N4OS. The Balaban J connectivity index is 3.59. The van der Waals surface area contributed by atoms with Gasteiger partial charge in [0.05, 0.1) is 6.04 Å². The first-order valence-corrected chi connectivity index (χ1v) is 4.35. The van der Waals surface area contributed by atoms with Gasteiger partial charge in [-0.05, 0) is 12.8 Å². The van der Waals surface area contributed by atoms with Gasteiger partial charge >= 0.3 is 0 Å². The van der Waals surface area contributed by atoms with Gasteiger partial charge in [0.2, 0.25) is 0 Å². The van der Waals surface area contributed by atoms with Crippen LogP contribution < -0.4 is 17.2 Å². The Hall–Kier alpha value is -1.01. The molecule has 0 aliphatic rings. The highest BCUT2D eigenvalue weighted by Crippen LogP contribution is 1.95. The fourth-order valence-electron chi connectivity index (χ4n) is 0.749. The standard InChI is InChI=1S/C7H14N4OS/c8-5(6(12)4-13)2-1-3-11-7(9)10/h4-5H,1-3,8H2,(H4,9,10,11)/t5-/m0/s1. The zero-order valence-electron chi connectivity index (χ0n) is 7.27. The van der Waals surface area contributed by atoms with Crippen LogP contribution in [0.4, 0.5) is 0 Å². The number of nitrogens with zero attached hydrogens (tertiary/aromatic N) is 1. The highest BCUT2D eigenvalue weighted by molar-refractivity contribution is 7.80. The molecule has 0 rings (SSSR count). The van der Waals surface area contributed by atoms with Crippen LogP contribution in [0.15, 0.2) is 4.99 Å². The van der Waals surface area contributed by atoms with Crippen molar-refractivity contribution in [2.75, 3.05) is 6.54 Å². The molecule has 0 aromatic carbocycles. The van der Waals surface area contributed by atoms with Crippen LogP contribution in [0.5, 0.6) is 0 Å². The van der Waals surface area contributed by atoms with E-state index in [1.165, 1.54) is 0 Å². The first-order valence-electron chi connectivity index (χ1n) is 3.88. The number of carbonyl (C=O) groups excluding carboxylic acids is 1. The molecule has 0 aromatic rings. The number of guanidine groups is 1. The maximum Gasteiger partial charge on any atom is 0.185 e. The smallest absolute Gasteiger partial charge is 0.185 e. The molecule has 0 fully saturated rings. The average molecular weight is 202 g/mol. The highest BCUT2D eigenvalue weighted by Gasteiger charge is 2.08. The molecule has 0 aliphatic carbocycles. The summed E-state index contributed by atoms with van der Waals surface area (Å²) in [5.74, 6) is -0.172. The predicted molar refractivity (Wildman–Crippen MR) is 56.5 cm³/mol. The Labute approximate surface area is 82.4 Å². The zero-order valence-corrected chi connectivity index (χ0v) is 8.09. The summed E-state index contributed by atoms with van der Waals surface area (Å²) < 4.78 is 0. The number of rotatable bonds is 6. The summed E-state index contributed by atoms with van der Waals surface area (Å²) in [5, 5.41) is 1.06.